The van der Waals surface area contributed by atoms with Gasteiger partial charge in [0.2, 0.25) is 5.91 Å². The number of benzene rings is 1. The third-order valence-electron chi connectivity index (χ3n) is 6.27. The van der Waals surface area contributed by atoms with E-state index < -0.39 is 19.5 Å². The monoisotopic (exact) mass is 478 g/mol. The third kappa shape index (κ3) is 3.93. The van der Waals surface area contributed by atoms with E-state index in [-0.39, 0.29) is 16.5 Å². The van der Waals surface area contributed by atoms with Crippen molar-refractivity contribution in [1.29, 1.82) is 0 Å². The number of pyridine rings is 1. The minimum Gasteiger partial charge on any atom is -0.353 e. The van der Waals surface area contributed by atoms with Crippen molar-refractivity contribution in [2.75, 3.05) is 31.1 Å². The highest BCUT2D eigenvalue weighted by Gasteiger charge is 2.54. The second-order valence-corrected chi connectivity index (χ2v) is 10.8. The molecule has 0 spiro atoms. The molecule has 2 fully saturated rings. The van der Waals surface area contributed by atoms with Crippen molar-refractivity contribution in [3.8, 4) is 0 Å². The van der Waals surface area contributed by atoms with Crippen molar-refractivity contribution in [2.24, 2.45) is 0 Å². The second kappa shape index (κ2) is 8.67. The van der Waals surface area contributed by atoms with Gasteiger partial charge >= 0.3 is 0 Å². The fraction of sp³-hybridized carbons (Fsp3) is 0.429. The smallest absolute Gasteiger partial charge is 0.287 e. The second-order valence-electron chi connectivity index (χ2n) is 8.07. The van der Waals surface area contributed by atoms with Gasteiger partial charge < -0.3 is 9.80 Å². The molecule has 4 rings (SSSR count). The number of carbonyl (C=O) groups is 1. The Balaban J connectivity index is 1.51. The van der Waals surface area contributed by atoms with Crippen LogP contribution < -0.4 is 4.90 Å². The maximum Gasteiger partial charge on any atom is 0.287 e. The van der Waals surface area contributed by atoms with Crippen molar-refractivity contribution in [2.45, 2.75) is 35.3 Å². The number of hydrogen-bond donors (Lipinski definition) is 0. The lowest BCUT2D eigenvalue weighted by molar-refractivity contribution is -0.385. The van der Waals surface area contributed by atoms with E-state index in [1.807, 2.05) is 4.90 Å². The number of amides is 1. The Labute approximate surface area is 191 Å². The molecule has 1 aliphatic carbocycles. The van der Waals surface area contributed by atoms with Crippen LogP contribution in [0.15, 0.2) is 47.5 Å². The van der Waals surface area contributed by atoms with Gasteiger partial charge in [-0.05, 0) is 43.2 Å². The molecule has 1 aromatic heterocycles. The standard InChI is InChI=1S/C21H23ClN4O5S/c22-16-3-6-18(7-4-16)32(30,31)21(9-1-2-10-21)20(27)25-13-11-24(12-14-25)19-8-5-17(15-23-19)26(28)29/h3-8,15H,1-2,9-14H2. The van der Waals surface area contributed by atoms with Gasteiger partial charge in [-0.3, -0.25) is 14.9 Å². The van der Waals surface area contributed by atoms with E-state index in [1.165, 1.54) is 36.5 Å². The Morgan fingerprint density at radius 1 is 1.03 bits per heavy atom. The molecule has 0 bridgehead atoms. The van der Waals surface area contributed by atoms with Crippen molar-refractivity contribution in [3.63, 3.8) is 0 Å². The zero-order valence-electron chi connectivity index (χ0n) is 17.3. The number of carbonyl (C=O) groups excluding carboxylic acids is 1. The van der Waals surface area contributed by atoms with E-state index in [2.05, 4.69) is 4.98 Å². The summed E-state index contributed by atoms with van der Waals surface area (Å²) < 4.78 is 25.7. The molecule has 11 heteroatoms. The lowest BCUT2D eigenvalue weighted by Crippen LogP contribution is -2.57. The van der Waals surface area contributed by atoms with E-state index in [9.17, 15) is 23.3 Å². The minimum atomic E-state index is -3.88. The molecule has 170 valence electrons. The van der Waals surface area contributed by atoms with Crippen LogP contribution in [0, 0.1) is 10.1 Å². The molecule has 0 unspecified atom stereocenters. The lowest BCUT2D eigenvalue weighted by Gasteiger charge is -2.39. The normalized spacial score (nSPS) is 18.5. The summed E-state index contributed by atoms with van der Waals surface area (Å²) in [5, 5.41) is 11.3. The average Bonchev–Trinajstić information content (AvgIpc) is 3.31. The average molecular weight is 479 g/mol. The summed E-state index contributed by atoms with van der Waals surface area (Å²) in [6, 6.07) is 8.95. The molecule has 0 radical (unpaired) electrons. The number of halogens is 1. The van der Waals surface area contributed by atoms with Crippen LogP contribution in [-0.4, -0.2) is 60.1 Å². The highest BCUT2D eigenvalue weighted by atomic mass is 35.5. The molecule has 2 aliphatic rings. The predicted molar refractivity (Wildman–Crippen MR) is 120 cm³/mol. The van der Waals surface area contributed by atoms with E-state index in [1.54, 1.807) is 11.0 Å². The topological polar surface area (TPSA) is 114 Å². The van der Waals surface area contributed by atoms with Gasteiger partial charge in [-0.1, -0.05) is 24.4 Å². The molecule has 0 atom stereocenters. The Morgan fingerprint density at radius 3 is 2.19 bits per heavy atom. The summed E-state index contributed by atoms with van der Waals surface area (Å²) in [6.07, 6.45) is 3.19. The van der Waals surface area contributed by atoms with Crippen LogP contribution in [-0.2, 0) is 14.6 Å². The van der Waals surface area contributed by atoms with Gasteiger partial charge in [0.25, 0.3) is 5.69 Å². The van der Waals surface area contributed by atoms with Gasteiger partial charge in [0.15, 0.2) is 14.6 Å². The van der Waals surface area contributed by atoms with E-state index in [4.69, 9.17) is 11.6 Å². The van der Waals surface area contributed by atoms with Gasteiger partial charge in [0.1, 0.15) is 12.0 Å². The first-order valence-corrected chi connectivity index (χ1v) is 12.3. The van der Waals surface area contributed by atoms with Crippen LogP contribution in [0.1, 0.15) is 25.7 Å². The number of sulfone groups is 1. The zero-order valence-corrected chi connectivity index (χ0v) is 18.9. The van der Waals surface area contributed by atoms with Crippen molar-refractivity contribution in [1.82, 2.24) is 9.88 Å². The quantitative estimate of drug-likeness (QED) is 0.479. The molecule has 0 N–H and O–H groups in total. The number of piperazine rings is 1. The summed E-state index contributed by atoms with van der Waals surface area (Å²) in [7, 11) is -3.88. The molecule has 2 aromatic rings. The zero-order chi connectivity index (χ0) is 22.9. The van der Waals surface area contributed by atoms with E-state index >= 15 is 0 Å². The first-order chi connectivity index (χ1) is 15.2. The van der Waals surface area contributed by atoms with Gasteiger partial charge in [0, 0.05) is 37.3 Å². The molecule has 32 heavy (non-hydrogen) atoms. The highest BCUT2D eigenvalue weighted by Crippen LogP contribution is 2.42. The van der Waals surface area contributed by atoms with Crippen LogP contribution in [0.4, 0.5) is 11.5 Å². The van der Waals surface area contributed by atoms with Crippen molar-refractivity contribution >= 4 is 38.9 Å². The number of aromatic nitrogens is 1. The highest BCUT2D eigenvalue weighted by molar-refractivity contribution is 7.93. The predicted octanol–water partition coefficient (Wildman–Crippen LogP) is 3.08. The Morgan fingerprint density at radius 2 is 1.66 bits per heavy atom. The summed E-state index contributed by atoms with van der Waals surface area (Å²) in [5.41, 5.74) is -0.0851. The molecular formula is C21H23ClN4O5S. The molecule has 9 nitrogen and oxygen atoms in total. The van der Waals surface area contributed by atoms with E-state index in [0.717, 1.165) is 0 Å². The van der Waals surface area contributed by atoms with Gasteiger partial charge in [0.05, 0.1) is 9.82 Å². The molecule has 1 aromatic carbocycles. The van der Waals surface area contributed by atoms with Crippen LogP contribution >= 0.6 is 11.6 Å². The molecule has 1 saturated heterocycles. The molecule has 1 aliphatic heterocycles. The summed E-state index contributed by atoms with van der Waals surface area (Å²) >= 11 is 5.92. The number of hydrogen-bond acceptors (Lipinski definition) is 7. The van der Waals surface area contributed by atoms with Crippen molar-refractivity contribution in [3.05, 3.63) is 57.7 Å². The van der Waals surface area contributed by atoms with Gasteiger partial charge in [-0.2, -0.15) is 0 Å². The molecule has 1 saturated carbocycles. The molecule has 1 amide bonds. The number of nitro groups is 1. The maximum atomic E-state index is 13.6. The maximum absolute atomic E-state index is 13.6. The van der Waals surface area contributed by atoms with Crippen molar-refractivity contribution < 1.29 is 18.1 Å². The Bertz CT molecular complexity index is 1110. The number of rotatable bonds is 5. The SMILES string of the molecule is O=C(N1CCN(c2ccc([N+](=O)[O-])cn2)CC1)C1(S(=O)(=O)c2ccc(Cl)cc2)CCCC1. The van der Waals surface area contributed by atoms with Crippen LogP contribution in [0.2, 0.25) is 5.02 Å². The fourth-order valence-electron chi connectivity index (χ4n) is 4.48. The van der Waals surface area contributed by atoms with Crippen LogP contribution in [0.25, 0.3) is 0 Å². The van der Waals surface area contributed by atoms with Gasteiger partial charge in [-0.25, -0.2) is 13.4 Å². The molecule has 2 heterocycles. The lowest BCUT2D eigenvalue weighted by atomic mass is 10.0. The van der Waals surface area contributed by atoms with Crippen LogP contribution in [0.3, 0.4) is 0 Å². The largest absolute Gasteiger partial charge is 0.353 e. The molecular weight excluding hydrogens is 456 g/mol. The van der Waals surface area contributed by atoms with Crippen LogP contribution in [0.5, 0.6) is 0 Å². The van der Waals surface area contributed by atoms with Gasteiger partial charge in [-0.15, -0.1) is 0 Å². The third-order valence-corrected chi connectivity index (χ3v) is 9.03. The number of nitrogens with zero attached hydrogens (tertiary/aromatic N) is 4. The first-order valence-electron chi connectivity index (χ1n) is 10.4. The summed E-state index contributed by atoms with van der Waals surface area (Å²) in [6.45, 7) is 1.64. The fourth-order valence-corrected chi connectivity index (χ4v) is 6.74. The summed E-state index contributed by atoms with van der Waals surface area (Å²) in [4.78, 5) is 31.7. The Kier molecular flexibility index (Phi) is 6.09. The van der Waals surface area contributed by atoms with E-state index in [0.29, 0.717) is 62.7 Å². The Hall–Kier alpha value is -2.72. The minimum absolute atomic E-state index is 0.0851. The first kappa shape index (κ1) is 22.5. The summed E-state index contributed by atoms with van der Waals surface area (Å²) in [5.74, 6) is 0.244. The number of anilines is 1.